The summed E-state index contributed by atoms with van der Waals surface area (Å²) in [4.78, 5) is 10.7. The largest absolute Gasteiger partial charge is 0.508 e. The Morgan fingerprint density at radius 3 is 2.69 bits per heavy atom. The molecule has 0 amide bonds. The van der Waals surface area contributed by atoms with E-state index in [-0.39, 0.29) is 24.6 Å². The highest BCUT2D eigenvalue weighted by Gasteiger charge is 2.22. The molecular formula is C8H16ClNO3. The van der Waals surface area contributed by atoms with Gasteiger partial charge in [0.25, 0.3) is 0 Å². The molecule has 0 aromatic carbocycles. The van der Waals surface area contributed by atoms with Crippen LogP contribution in [0.15, 0.2) is 0 Å². The Morgan fingerprint density at radius 1 is 1.46 bits per heavy atom. The number of hydrogen-bond acceptors (Lipinski definition) is 4. The highest BCUT2D eigenvalue weighted by atomic mass is 35.5. The van der Waals surface area contributed by atoms with E-state index in [2.05, 4.69) is 4.74 Å². The standard InChI is InChI=1S/C8H15NO3.ClH/c1-11-8(10)12-7-4-2-3-6(9)5-7;/h6-7H,2-5,9H2,1H3;1H. The maximum atomic E-state index is 10.7. The van der Waals surface area contributed by atoms with Crippen molar-refractivity contribution >= 4 is 18.6 Å². The zero-order chi connectivity index (χ0) is 8.97. The van der Waals surface area contributed by atoms with Crippen LogP contribution in [0.4, 0.5) is 4.79 Å². The van der Waals surface area contributed by atoms with Crippen molar-refractivity contribution in [1.29, 1.82) is 0 Å². The van der Waals surface area contributed by atoms with E-state index in [0.29, 0.717) is 0 Å². The predicted molar refractivity (Wildman–Crippen MR) is 51.0 cm³/mol. The Balaban J connectivity index is 0.00000144. The van der Waals surface area contributed by atoms with Gasteiger partial charge in [0, 0.05) is 6.04 Å². The molecule has 1 fully saturated rings. The Kier molecular flexibility index (Phi) is 5.82. The summed E-state index contributed by atoms with van der Waals surface area (Å²) in [5, 5.41) is 0. The number of carbonyl (C=O) groups is 1. The first-order valence-corrected chi connectivity index (χ1v) is 4.22. The summed E-state index contributed by atoms with van der Waals surface area (Å²) in [7, 11) is 1.31. The number of ether oxygens (including phenoxy) is 2. The molecule has 5 heteroatoms. The summed E-state index contributed by atoms with van der Waals surface area (Å²) in [6.07, 6.45) is 3.08. The van der Waals surface area contributed by atoms with Crippen molar-refractivity contribution in [2.45, 2.75) is 37.8 Å². The van der Waals surface area contributed by atoms with Gasteiger partial charge in [-0.2, -0.15) is 0 Å². The molecule has 4 nitrogen and oxygen atoms in total. The highest BCUT2D eigenvalue weighted by Crippen LogP contribution is 2.19. The molecule has 1 saturated carbocycles. The van der Waals surface area contributed by atoms with Gasteiger partial charge < -0.3 is 15.2 Å². The minimum absolute atomic E-state index is 0. The third-order valence-corrected chi connectivity index (χ3v) is 2.10. The molecule has 0 saturated heterocycles. The molecular weight excluding hydrogens is 194 g/mol. The monoisotopic (exact) mass is 209 g/mol. The van der Waals surface area contributed by atoms with Crippen molar-refractivity contribution in [3.8, 4) is 0 Å². The Hall–Kier alpha value is -0.480. The highest BCUT2D eigenvalue weighted by molar-refractivity contribution is 5.85. The van der Waals surface area contributed by atoms with Crippen molar-refractivity contribution in [2.75, 3.05) is 7.11 Å². The number of halogens is 1. The van der Waals surface area contributed by atoms with Crippen LogP contribution in [0.3, 0.4) is 0 Å². The maximum absolute atomic E-state index is 10.7. The molecule has 1 aliphatic carbocycles. The first-order valence-electron chi connectivity index (χ1n) is 4.22. The van der Waals surface area contributed by atoms with Gasteiger partial charge in [-0.3, -0.25) is 0 Å². The van der Waals surface area contributed by atoms with Gasteiger partial charge in [-0.15, -0.1) is 12.4 Å². The Labute approximate surface area is 84.2 Å². The van der Waals surface area contributed by atoms with E-state index in [9.17, 15) is 4.79 Å². The van der Waals surface area contributed by atoms with Gasteiger partial charge in [-0.05, 0) is 25.7 Å². The van der Waals surface area contributed by atoms with Gasteiger partial charge in [0.05, 0.1) is 7.11 Å². The maximum Gasteiger partial charge on any atom is 0.508 e. The zero-order valence-electron chi connectivity index (χ0n) is 7.69. The summed E-state index contributed by atoms with van der Waals surface area (Å²) in [5.41, 5.74) is 5.71. The average molecular weight is 210 g/mol. The second kappa shape index (κ2) is 6.05. The minimum atomic E-state index is -0.603. The fourth-order valence-electron chi connectivity index (χ4n) is 1.47. The lowest BCUT2D eigenvalue weighted by Crippen LogP contribution is -2.33. The molecule has 0 bridgehead atoms. The third-order valence-electron chi connectivity index (χ3n) is 2.10. The second-order valence-corrected chi connectivity index (χ2v) is 3.12. The van der Waals surface area contributed by atoms with Crippen LogP contribution in [0.5, 0.6) is 0 Å². The molecule has 0 aliphatic heterocycles. The van der Waals surface area contributed by atoms with Gasteiger partial charge >= 0.3 is 6.16 Å². The smallest absolute Gasteiger partial charge is 0.438 e. The van der Waals surface area contributed by atoms with Crippen LogP contribution in [0.1, 0.15) is 25.7 Å². The lowest BCUT2D eigenvalue weighted by molar-refractivity contribution is 0.0202. The van der Waals surface area contributed by atoms with Crippen LogP contribution in [-0.2, 0) is 9.47 Å². The van der Waals surface area contributed by atoms with Crippen LogP contribution in [0.2, 0.25) is 0 Å². The Morgan fingerprint density at radius 2 is 2.15 bits per heavy atom. The predicted octanol–water partition coefficient (Wildman–Crippen LogP) is 1.46. The summed E-state index contributed by atoms with van der Waals surface area (Å²) in [5.74, 6) is 0. The van der Waals surface area contributed by atoms with Crippen LogP contribution >= 0.6 is 12.4 Å². The average Bonchev–Trinajstić information content (AvgIpc) is 2.04. The molecule has 1 rings (SSSR count). The van der Waals surface area contributed by atoms with Crippen molar-refractivity contribution in [1.82, 2.24) is 0 Å². The molecule has 0 aromatic heterocycles. The van der Waals surface area contributed by atoms with E-state index in [1.54, 1.807) is 0 Å². The van der Waals surface area contributed by atoms with Gasteiger partial charge in [-0.25, -0.2) is 4.79 Å². The molecule has 0 spiro atoms. The molecule has 0 aromatic rings. The van der Waals surface area contributed by atoms with Crippen molar-refractivity contribution in [3.05, 3.63) is 0 Å². The van der Waals surface area contributed by atoms with Gasteiger partial charge in [0.1, 0.15) is 6.10 Å². The van der Waals surface area contributed by atoms with Gasteiger partial charge in [0.2, 0.25) is 0 Å². The zero-order valence-corrected chi connectivity index (χ0v) is 8.51. The second-order valence-electron chi connectivity index (χ2n) is 3.12. The SMILES string of the molecule is COC(=O)OC1CCCC(N)C1.Cl. The fraction of sp³-hybridized carbons (Fsp3) is 0.875. The number of nitrogens with two attached hydrogens (primary N) is 1. The summed E-state index contributed by atoms with van der Waals surface area (Å²) < 4.78 is 9.36. The summed E-state index contributed by atoms with van der Waals surface area (Å²) in [6, 6.07) is 0.174. The fourth-order valence-corrected chi connectivity index (χ4v) is 1.47. The van der Waals surface area contributed by atoms with Crippen LogP contribution in [0, 0.1) is 0 Å². The summed E-state index contributed by atoms with van der Waals surface area (Å²) in [6.45, 7) is 0. The third kappa shape index (κ3) is 4.33. The number of carbonyl (C=O) groups excluding carboxylic acids is 1. The number of rotatable bonds is 1. The van der Waals surface area contributed by atoms with Crippen molar-refractivity contribution in [2.24, 2.45) is 5.73 Å². The molecule has 2 atom stereocenters. The molecule has 0 heterocycles. The lowest BCUT2D eigenvalue weighted by Gasteiger charge is -2.25. The number of hydrogen-bond donors (Lipinski definition) is 1. The van der Waals surface area contributed by atoms with Gasteiger partial charge in [0.15, 0.2) is 0 Å². The molecule has 78 valence electrons. The normalized spacial score (nSPS) is 27.2. The van der Waals surface area contributed by atoms with E-state index in [1.807, 2.05) is 0 Å². The van der Waals surface area contributed by atoms with Crippen LogP contribution in [-0.4, -0.2) is 25.4 Å². The lowest BCUT2D eigenvalue weighted by atomic mass is 9.94. The Bertz CT molecular complexity index is 165. The topological polar surface area (TPSA) is 61.5 Å². The van der Waals surface area contributed by atoms with E-state index in [1.165, 1.54) is 7.11 Å². The van der Waals surface area contributed by atoms with E-state index in [0.717, 1.165) is 25.7 Å². The first-order chi connectivity index (χ1) is 5.72. The van der Waals surface area contributed by atoms with E-state index < -0.39 is 6.16 Å². The molecule has 0 radical (unpaired) electrons. The van der Waals surface area contributed by atoms with Crippen LogP contribution < -0.4 is 5.73 Å². The molecule has 2 N–H and O–H groups in total. The van der Waals surface area contributed by atoms with Crippen LogP contribution in [0.25, 0.3) is 0 Å². The quantitative estimate of drug-likeness (QED) is 0.665. The van der Waals surface area contributed by atoms with Crippen molar-refractivity contribution in [3.63, 3.8) is 0 Å². The van der Waals surface area contributed by atoms with E-state index in [4.69, 9.17) is 10.5 Å². The summed E-state index contributed by atoms with van der Waals surface area (Å²) >= 11 is 0. The number of methoxy groups -OCH3 is 1. The van der Waals surface area contributed by atoms with E-state index >= 15 is 0 Å². The molecule has 1 aliphatic rings. The molecule has 13 heavy (non-hydrogen) atoms. The first kappa shape index (κ1) is 12.5. The van der Waals surface area contributed by atoms with Gasteiger partial charge in [-0.1, -0.05) is 0 Å². The molecule has 2 unspecified atom stereocenters. The van der Waals surface area contributed by atoms with Crippen molar-refractivity contribution < 1.29 is 14.3 Å². The minimum Gasteiger partial charge on any atom is -0.438 e.